The maximum Gasteiger partial charge on any atom is 0.123 e. The molecule has 0 amide bonds. The first kappa shape index (κ1) is 14.9. The first-order valence-corrected chi connectivity index (χ1v) is 7.52. The van der Waals surface area contributed by atoms with Crippen LogP contribution in [0.25, 0.3) is 0 Å². The molecule has 0 aliphatic rings. The predicted octanol–water partition coefficient (Wildman–Crippen LogP) is 3.10. The van der Waals surface area contributed by atoms with Crippen molar-refractivity contribution in [3.63, 3.8) is 0 Å². The minimum Gasteiger partial charge on any atom is -0.384 e. The van der Waals surface area contributed by atoms with Gasteiger partial charge in [-0.3, -0.25) is 4.98 Å². The van der Waals surface area contributed by atoms with Crippen molar-refractivity contribution in [2.75, 3.05) is 12.3 Å². The Hall–Kier alpha value is -1.46. The molecule has 3 N–H and O–H groups in total. The Labute approximate surface area is 128 Å². The Morgan fingerprint density at radius 3 is 2.90 bits per heavy atom. The molecule has 0 saturated carbocycles. The van der Waals surface area contributed by atoms with Gasteiger partial charge in [0, 0.05) is 29.1 Å². The zero-order valence-corrected chi connectivity index (χ0v) is 13.1. The summed E-state index contributed by atoms with van der Waals surface area (Å²) in [7, 11) is 0. The van der Waals surface area contributed by atoms with Crippen LogP contribution in [0.2, 0.25) is 0 Å². The molecule has 0 aliphatic carbocycles. The second-order valence-corrected chi connectivity index (χ2v) is 5.65. The zero-order valence-electron chi connectivity index (χ0n) is 11.5. The lowest BCUT2D eigenvalue weighted by atomic mass is 10.0. The normalized spacial score (nSPS) is 12.3. The van der Waals surface area contributed by atoms with Crippen LogP contribution in [0.1, 0.15) is 30.5 Å². The number of nitrogens with one attached hydrogen (secondary N) is 1. The first-order chi connectivity index (χ1) is 9.69. The summed E-state index contributed by atoms with van der Waals surface area (Å²) in [6.07, 6.45) is 7.41. The average molecular weight is 335 g/mol. The van der Waals surface area contributed by atoms with Crippen molar-refractivity contribution in [3.05, 3.63) is 52.4 Å². The summed E-state index contributed by atoms with van der Waals surface area (Å²) in [5, 5.41) is 3.56. The number of anilines is 1. The standard InChI is InChI=1S/C15H19BrN4/c1-2-4-19-14(12-8-13(16)10-18-9-12)6-11-3-5-20-15(17)7-11/h3,5,7-10,14,19H,2,4,6H2,1H3,(H2,17,20). The summed E-state index contributed by atoms with van der Waals surface area (Å²) in [6, 6.07) is 6.25. The third kappa shape index (κ3) is 4.28. The van der Waals surface area contributed by atoms with Crippen molar-refractivity contribution in [1.82, 2.24) is 15.3 Å². The third-order valence-electron chi connectivity index (χ3n) is 3.05. The van der Waals surface area contributed by atoms with Crippen molar-refractivity contribution < 1.29 is 0 Å². The molecule has 4 nitrogen and oxygen atoms in total. The SMILES string of the molecule is CCCNC(Cc1ccnc(N)c1)c1cncc(Br)c1. The maximum atomic E-state index is 5.75. The molecular weight excluding hydrogens is 316 g/mol. The molecule has 0 spiro atoms. The average Bonchev–Trinajstić information content (AvgIpc) is 2.43. The summed E-state index contributed by atoms with van der Waals surface area (Å²) in [6.45, 7) is 3.13. The fourth-order valence-electron chi connectivity index (χ4n) is 2.10. The highest BCUT2D eigenvalue weighted by Gasteiger charge is 2.12. The minimum atomic E-state index is 0.224. The molecule has 106 valence electrons. The number of halogens is 1. The van der Waals surface area contributed by atoms with Crippen LogP contribution in [0.5, 0.6) is 0 Å². The zero-order chi connectivity index (χ0) is 14.4. The first-order valence-electron chi connectivity index (χ1n) is 6.73. The van der Waals surface area contributed by atoms with Gasteiger partial charge in [-0.25, -0.2) is 4.98 Å². The largest absolute Gasteiger partial charge is 0.384 e. The summed E-state index contributed by atoms with van der Waals surface area (Å²) in [4.78, 5) is 8.28. The van der Waals surface area contributed by atoms with Crippen LogP contribution in [0.15, 0.2) is 41.3 Å². The van der Waals surface area contributed by atoms with Crippen LogP contribution in [0.3, 0.4) is 0 Å². The maximum absolute atomic E-state index is 5.75. The molecule has 0 aliphatic heterocycles. The molecule has 0 aromatic carbocycles. The van der Waals surface area contributed by atoms with Gasteiger partial charge in [0.1, 0.15) is 5.82 Å². The Morgan fingerprint density at radius 2 is 2.20 bits per heavy atom. The van der Waals surface area contributed by atoms with Crippen LogP contribution in [0, 0.1) is 0 Å². The van der Waals surface area contributed by atoms with Gasteiger partial charge in [0.05, 0.1) is 0 Å². The number of nitrogens with zero attached hydrogens (tertiary/aromatic N) is 2. The van der Waals surface area contributed by atoms with E-state index in [4.69, 9.17) is 5.73 Å². The molecule has 5 heteroatoms. The Morgan fingerprint density at radius 1 is 1.35 bits per heavy atom. The van der Waals surface area contributed by atoms with Gasteiger partial charge < -0.3 is 11.1 Å². The van der Waals surface area contributed by atoms with Crippen molar-refractivity contribution in [3.8, 4) is 0 Å². The summed E-state index contributed by atoms with van der Waals surface area (Å²) in [5.74, 6) is 0.559. The van der Waals surface area contributed by atoms with Gasteiger partial charge in [-0.15, -0.1) is 0 Å². The van der Waals surface area contributed by atoms with E-state index >= 15 is 0 Å². The second kappa shape index (κ2) is 7.36. The van der Waals surface area contributed by atoms with E-state index in [0.717, 1.165) is 23.9 Å². The smallest absolute Gasteiger partial charge is 0.123 e. The summed E-state index contributed by atoms with van der Waals surface area (Å²) >= 11 is 3.48. The van der Waals surface area contributed by atoms with Gasteiger partial charge in [-0.1, -0.05) is 6.92 Å². The van der Waals surface area contributed by atoms with E-state index in [2.05, 4.69) is 44.2 Å². The lowest BCUT2D eigenvalue weighted by molar-refractivity contribution is 0.527. The molecule has 2 aromatic heterocycles. The van der Waals surface area contributed by atoms with Crippen LogP contribution in [-0.2, 0) is 6.42 Å². The molecule has 2 aromatic rings. The number of nitrogens with two attached hydrogens (primary N) is 1. The van der Waals surface area contributed by atoms with Crippen molar-refractivity contribution in [1.29, 1.82) is 0 Å². The monoisotopic (exact) mass is 334 g/mol. The number of hydrogen-bond acceptors (Lipinski definition) is 4. The van der Waals surface area contributed by atoms with E-state index in [0.29, 0.717) is 5.82 Å². The Bertz CT molecular complexity index is 559. The molecule has 1 atom stereocenters. The van der Waals surface area contributed by atoms with E-state index in [9.17, 15) is 0 Å². The highest BCUT2D eigenvalue weighted by atomic mass is 79.9. The second-order valence-electron chi connectivity index (χ2n) is 4.74. The lowest BCUT2D eigenvalue weighted by Gasteiger charge is -2.19. The molecule has 2 heterocycles. The fourth-order valence-corrected chi connectivity index (χ4v) is 2.48. The number of rotatable bonds is 6. The number of aromatic nitrogens is 2. The molecule has 0 bridgehead atoms. The van der Waals surface area contributed by atoms with Crippen LogP contribution in [0.4, 0.5) is 5.82 Å². The number of nitrogen functional groups attached to an aromatic ring is 1. The molecule has 2 rings (SSSR count). The van der Waals surface area contributed by atoms with Gasteiger partial charge in [0.2, 0.25) is 0 Å². The van der Waals surface area contributed by atoms with Crippen LogP contribution >= 0.6 is 15.9 Å². The van der Waals surface area contributed by atoms with Crippen molar-refractivity contribution in [2.45, 2.75) is 25.8 Å². The number of pyridine rings is 2. The third-order valence-corrected chi connectivity index (χ3v) is 3.49. The van der Waals surface area contributed by atoms with Gasteiger partial charge in [0.25, 0.3) is 0 Å². The van der Waals surface area contributed by atoms with E-state index in [1.54, 1.807) is 12.4 Å². The highest BCUT2D eigenvalue weighted by molar-refractivity contribution is 9.10. The van der Waals surface area contributed by atoms with Gasteiger partial charge in [-0.05, 0) is 64.6 Å². The Balaban J connectivity index is 2.19. The van der Waals surface area contributed by atoms with Gasteiger partial charge in [0.15, 0.2) is 0 Å². The summed E-state index contributed by atoms with van der Waals surface area (Å²) in [5.41, 5.74) is 8.09. The predicted molar refractivity (Wildman–Crippen MR) is 85.3 cm³/mol. The Kier molecular flexibility index (Phi) is 5.49. The molecule has 1 unspecified atom stereocenters. The topological polar surface area (TPSA) is 63.8 Å². The summed E-state index contributed by atoms with van der Waals surface area (Å²) < 4.78 is 0.993. The molecule has 0 radical (unpaired) electrons. The van der Waals surface area contributed by atoms with E-state index < -0.39 is 0 Å². The van der Waals surface area contributed by atoms with E-state index in [1.165, 1.54) is 11.1 Å². The molecular formula is C15H19BrN4. The van der Waals surface area contributed by atoms with Crippen molar-refractivity contribution in [2.24, 2.45) is 0 Å². The molecule has 0 saturated heterocycles. The van der Waals surface area contributed by atoms with Gasteiger partial charge in [-0.2, -0.15) is 0 Å². The van der Waals surface area contributed by atoms with Crippen molar-refractivity contribution >= 4 is 21.7 Å². The minimum absolute atomic E-state index is 0.224. The molecule has 20 heavy (non-hydrogen) atoms. The lowest BCUT2D eigenvalue weighted by Crippen LogP contribution is -2.24. The highest BCUT2D eigenvalue weighted by Crippen LogP contribution is 2.21. The van der Waals surface area contributed by atoms with E-state index in [-0.39, 0.29) is 6.04 Å². The molecule has 0 fully saturated rings. The van der Waals surface area contributed by atoms with Crippen LogP contribution in [-0.4, -0.2) is 16.5 Å². The fraction of sp³-hybridized carbons (Fsp3) is 0.333. The van der Waals surface area contributed by atoms with Crippen LogP contribution < -0.4 is 11.1 Å². The van der Waals surface area contributed by atoms with Gasteiger partial charge >= 0.3 is 0 Å². The quantitative estimate of drug-likeness (QED) is 0.851. The number of hydrogen-bond donors (Lipinski definition) is 2. The van der Waals surface area contributed by atoms with E-state index in [1.807, 2.05) is 18.3 Å².